The fourth-order valence-electron chi connectivity index (χ4n) is 2.14. The summed E-state index contributed by atoms with van der Waals surface area (Å²) in [6, 6.07) is 7.11. The van der Waals surface area contributed by atoms with Gasteiger partial charge in [0.05, 0.1) is 24.1 Å². The summed E-state index contributed by atoms with van der Waals surface area (Å²) in [6.07, 6.45) is 1.22. The van der Waals surface area contributed by atoms with E-state index in [1.54, 1.807) is 24.3 Å². The maximum Gasteiger partial charge on any atom is 0.247 e. The van der Waals surface area contributed by atoms with E-state index in [2.05, 4.69) is 5.73 Å². The largest absolute Gasteiger partial charge is 0.494 e. The Hall–Kier alpha value is -1.53. The summed E-state index contributed by atoms with van der Waals surface area (Å²) in [4.78, 5) is 25.7. The first-order valence-electron chi connectivity index (χ1n) is 7.18. The first-order chi connectivity index (χ1) is 10.2. The van der Waals surface area contributed by atoms with Gasteiger partial charge in [-0.15, -0.1) is 11.8 Å². The molecule has 1 fully saturated rings. The number of amides is 2. The second-order valence-corrected chi connectivity index (χ2v) is 6.14. The molecular weight excluding hydrogens is 288 g/mol. The summed E-state index contributed by atoms with van der Waals surface area (Å²) in [6.45, 7) is 3.45. The number of carbonyl (C=O) groups is 2. The molecule has 1 aliphatic heterocycles. The van der Waals surface area contributed by atoms with Crippen molar-refractivity contribution in [3.05, 3.63) is 24.3 Å². The van der Waals surface area contributed by atoms with Crippen LogP contribution in [0.4, 0.5) is 5.69 Å². The topological polar surface area (TPSA) is 74.2 Å². The van der Waals surface area contributed by atoms with Crippen LogP contribution in [-0.4, -0.2) is 36.0 Å². The first-order valence-corrected chi connectivity index (χ1v) is 8.22. The quantitative estimate of drug-likeness (QED) is 0.765. The Labute approximate surface area is 128 Å². The van der Waals surface area contributed by atoms with Crippen LogP contribution in [0.1, 0.15) is 19.8 Å². The molecule has 2 amide bonds. The number of rotatable bonds is 7. The van der Waals surface area contributed by atoms with Crippen molar-refractivity contribution >= 4 is 29.3 Å². The van der Waals surface area contributed by atoms with E-state index in [9.17, 15) is 9.59 Å². The molecule has 0 radical (unpaired) electrons. The number of thioether (sulfide) groups is 1. The highest BCUT2D eigenvalue weighted by atomic mass is 32.2. The second-order valence-electron chi connectivity index (χ2n) is 4.83. The van der Waals surface area contributed by atoms with Crippen LogP contribution in [-0.2, 0) is 9.59 Å². The highest BCUT2D eigenvalue weighted by Gasteiger charge is 2.39. The van der Waals surface area contributed by atoms with Gasteiger partial charge >= 0.3 is 0 Å². The highest BCUT2D eigenvalue weighted by Crippen LogP contribution is 2.30. The summed E-state index contributed by atoms with van der Waals surface area (Å²) in [5.41, 5.74) is 4.37. The molecule has 0 bridgehead atoms. The first kappa shape index (κ1) is 15.9. The lowest BCUT2D eigenvalue weighted by Gasteiger charge is -2.15. The zero-order valence-corrected chi connectivity index (χ0v) is 13.0. The third-order valence-electron chi connectivity index (χ3n) is 3.14. The van der Waals surface area contributed by atoms with Crippen molar-refractivity contribution in [2.24, 2.45) is 0 Å². The standard InChI is InChI=1S/C15H20N2O3S/c1-2-8-20-12-5-3-11(4-6-12)17-14(18)10-13(15(17)19)21-9-7-16/h3-6,13H,2,7-10,16H2,1H3/p+1/t13-/m1/s1. The van der Waals surface area contributed by atoms with Gasteiger partial charge in [-0.2, -0.15) is 0 Å². The molecule has 2 rings (SSSR count). The Morgan fingerprint density at radius 3 is 2.67 bits per heavy atom. The zero-order chi connectivity index (χ0) is 15.2. The highest BCUT2D eigenvalue weighted by molar-refractivity contribution is 8.00. The summed E-state index contributed by atoms with van der Waals surface area (Å²) in [5.74, 6) is 1.29. The molecule has 21 heavy (non-hydrogen) atoms. The molecule has 0 unspecified atom stereocenters. The third kappa shape index (κ3) is 3.77. The van der Waals surface area contributed by atoms with E-state index in [0.717, 1.165) is 24.5 Å². The number of carbonyl (C=O) groups excluding carboxylic acids is 2. The molecule has 1 atom stereocenters. The lowest BCUT2D eigenvalue weighted by Crippen LogP contribution is -2.51. The molecule has 1 aliphatic rings. The van der Waals surface area contributed by atoms with Gasteiger partial charge in [0.25, 0.3) is 0 Å². The Morgan fingerprint density at radius 1 is 1.33 bits per heavy atom. The van der Waals surface area contributed by atoms with Gasteiger partial charge in [-0.05, 0) is 30.7 Å². The fraction of sp³-hybridized carbons (Fsp3) is 0.467. The maximum atomic E-state index is 12.3. The van der Waals surface area contributed by atoms with Gasteiger partial charge in [-0.25, -0.2) is 4.90 Å². The lowest BCUT2D eigenvalue weighted by atomic mass is 10.3. The summed E-state index contributed by atoms with van der Waals surface area (Å²) >= 11 is 1.51. The van der Waals surface area contributed by atoms with Gasteiger partial charge in [-0.3, -0.25) is 9.59 Å². The zero-order valence-electron chi connectivity index (χ0n) is 12.2. The summed E-state index contributed by atoms with van der Waals surface area (Å²) in [7, 11) is 0. The molecular formula is C15H21N2O3S+. The molecule has 1 heterocycles. The number of ether oxygens (including phenoxy) is 1. The molecule has 3 N–H and O–H groups in total. The minimum absolute atomic E-state index is 0.124. The Kier molecular flexibility index (Phi) is 5.64. The van der Waals surface area contributed by atoms with Crippen LogP contribution in [0.3, 0.4) is 0 Å². The fourth-order valence-corrected chi connectivity index (χ4v) is 3.10. The number of quaternary nitrogens is 1. The lowest BCUT2D eigenvalue weighted by molar-refractivity contribution is -0.360. The van der Waals surface area contributed by atoms with E-state index in [0.29, 0.717) is 12.3 Å². The molecule has 1 aromatic carbocycles. The normalized spacial score (nSPS) is 18.4. The second kappa shape index (κ2) is 7.47. The van der Waals surface area contributed by atoms with Crippen LogP contribution in [0.25, 0.3) is 0 Å². The van der Waals surface area contributed by atoms with Crippen LogP contribution >= 0.6 is 11.8 Å². The molecule has 6 heteroatoms. The van der Waals surface area contributed by atoms with Gasteiger partial charge in [0.2, 0.25) is 11.8 Å². The number of hydrogen-bond acceptors (Lipinski definition) is 4. The number of nitrogens with zero attached hydrogens (tertiary/aromatic N) is 1. The number of hydrogen-bond donors (Lipinski definition) is 1. The van der Waals surface area contributed by atoms with Gasteiger partial charge < -0.3 is 10.5 Å². The average molecular weight is 309 g/mol. The van der Waals surface area contributed by atoms with Crippen molar-refractivity contribution in [2.45, 2.75) is 25.0 Å². The van der Waals surface area contributed by atoms with Crippen LogP contribution in [0.2, 0.25) is 0 Å². The van der Waals surface area contributed by atoms with E-state index in [4.69, 9.17) is 4.74 Å². The van der Waals surface area contributed by atoms with E-state index < -0.39 is 0 Å². The van der Waals surface area contributed by atoms with Crippen molar-refractivity contribution in [1.82, 2.24) is 0 Å². The average Bonchev–Trinajstić information content (AvgIpc) is 2.78. The van der Waals surface area contributed by atoms with Crippen molar-refractivity contribution in [1.29, 1.82) is 0 Å². The third-order valence-corrected chi connectivity index (χ3v) is 4.43. The van der Waals surface area contributed by atoms with Gasteiger partial charge in [0.15, 0.2) is 0 Å². The molecule has 1 aromatic rings. The Morgan fingerprint density at radius 2 is 2.05 bits per heavy atom. The minimum Gasteiger partial charge on any atom is -0.494 e. The van der Waals surface area contributed by atoms with Crippen molar-refractivity contribution in [2.75, 3.05) is 23.8 Å². The predicted octanol–water partition coefficient (Wildman–Crippen LogP) is 1.08. The van der Waals surface area contributed by atoms with Crippen LogP contribution < -0.4 is 15.4 Å². The van der Waals surface area contributed by atoms with Crippen molar-refractivity contribution in [3.8, 4) is 5.75 Å². The summed E-state index contributed by atoms with van der Waals surface area (Å²) in [5, 5.41) is -0.268. The number of benzene rings is 1. The van der Waals surface area contributed by atoms with Gasteiger partial charge in [0, 0.05) is 12.2 Å². The van der Waals surface area contributed by atoms with Crippen LogP contribution in [0.15, 0.2) is 24.3 Å². The number of anilines is 1. The minimum atomic E-state index is -0.268. The molecule has 114 valence electrons. The predicted molar refractivity (Wildman–Crippen MR) is 83.3 cm³/mol. The molecule has 1 saturated heterocycles. The van der Waals surface area contributed by atoms with Crippen LogP contribution in [0, 0.1) is 0 Å². The van der Waals surface area contributed by atoms with Gasteiger partial charge in [0.1, 0.15) is 5.75 Å². The molecule has 0 aliphatic carbocycles. The van der Waals surface area contributed by atoms with E-state index in [-0.39, 0.29) is 23.5 Å². The molecule has 5 nitrogen and oxygen atoms in total. The number of imide groups is 1. The van der Waals surface area contributed by atoms with Crippen LogP contribution in [0.5, 0.6) is 5.75 Å². The van der Waals surface area contributed by atoms with E-state index in [1.165, 1.54) is 16.7 Å². The molecule has 0 spiro atoms. The Balaban J connectivity index is 2.06. The molecule has 0 saturated carbocycles. The van der Waals surface area contributed by atoms with E-state index in [1.807, 2.05) is 6.92 Å². The van der Waals surface area contributed by atoms with Crippen molar-refractivity contribution < 1.29 is 20.1 Å². The smallest absolute Gasteiger partial charge is 0.247 e. The monoisotopic (exact) mass is 309 g/mol. The Bertz CT molecular complexity index is 504. The van der Waals surface area contributed by atoms with E-state index >= 15 is 0 Å². The van der Waals surface area contributed by atoms with Gasteiger partial charge in [-0.1, -0.05) is 6.92 Å². The summed E-state index contributed by atoms with van der Waals surface area (Å²) < 4.78 is 5.50. The maximum absolute atomic E-state index is 12.3. The van der Waals surface area contributed by atoms with Crippen molar-refractivity contribution in [3.63, 3.8) is 0 Å². The molecule has 0 aromatic heterocycles. The SMILES string of the molecule is CCCOc1ccc(N2C(=O)C[C@@H](SCC[NH3+])C2=O)cc1.